The molecule has 1 aliphatic rings. The number of carbonyl (C=O) groups is 2. The van der Waals surface area contributed by atoms with E-state index in [2.05, 4.69) is 29.6 Å². The highest BCUT2D eigenvalue weighted by Crippen LogP contribution is 2.44. The quantitative estimate of drug-likeness (QED) is 0.340. The number of aliphatic carboxylic acids is 1. The molecule has 1 heterocycles. The number of alkyl carbamates (subject to hydrolysis) is 1. The number of nitrogens with one attached hydrogen (secondary N) is 1. The first-order valence-corrected chi connectivity index (χ1v) is 11.2. The van der Waals surface area contributed by atoms with E-state index in [1.807, 2.05) is 47.9 Å². The summed E-state index contributed by atoms with van der Waals surface area (Å²) in [5.41, 5.74) is 5.80. The molecule has 32 heavy (non-hydrogen) atoms. The molecule has 0 bridgehead atoms. The summed E-state index contributed by atoms with van der Waals surface area (Å²) < 4.78 is 5.53. The van der Waals surface area contributed by atoms with Gasteiger partial charge in [-0.2, -0.15) is 0 Å². The predicted octanol–water partition coefficient (Wildman–Crippen LogP) is 5.79. The highest BCUT2D eigenvalue weighted by Gasteiger charge is 2.28. The zero-order valence-corrected chi connectivity index (χ0v) is 18.2. The summed E-state index contributed by atoms with van der Waals surface area (Å²) in [6.45, 7) is 0.778. The van der Waals surface area contributed by atoms with E-state index in [0.717, 1.165) is 16.5 Å². The number of thiophene rings is 1. The van der Waals surface area contributed by atoms with Crippen LogP contribution in [0.15, 0.2) is 72.1 Å². The maximum atomic E-state index is 12.2. The highest BCUT2D eigenvalue weighted by atomic mass is 32.1. The van der Waals surface area contributed by atoms with Crippen molar-refractivity contribution in [1.82, 2.24) is 5.32 Å². The van der Waals surface area contributed by atoms with Crippen molar-refractivity contribution in [2.75, 3.05) is 13.2 Å². The Bertz CT molecular complexity index is 1130. The molecule has 0 radical (unpaired) electrons. The lowest BCUT2D eigenvalue weighted by Crippen LogP contribution is -2.26. The van der Waals surface area contributed by atoms with Gasteiger partial charge < -0.3 is 15.2 Å². The molecule has 0 saturated heterocycles. The number of rotatable bonds is 8. The van der Waals surface area contributed by atoms with E-state index in [0.29, 0.717) is 19.6 Å². The molecule has 4 rings (SSSR count). The van der Waals surface area contributed by atoms with Gasteiger partial charge in [-0.25, -0.2) is 9.59 Å². The summed E-state index contributed by atoms with van der Waals surface area (Å²) in [4.78, 5) is 23.6. The monoisotopic (exact) mass is 445 g/mol. The Hall–Kier alpha value is -3.64. The van der Waals surface area contributed by atoms with Crippen molar-refractivity contribution in [3.05, 3.63) is 93.7 Å². The van der Waals surface area contributed by atoms with Crippen LogP contribution in [0, 0.1) is 0 Å². The molecule has 0 unspecified atom stereocenters. The molecule has 2 N–H and O–H groups in total. The van der Waals surface area contributed by atoms with Crippen molar-refractivity contribution >= 4 is 35.6 Å². The zero-order chi connectivity index (χ0) is 22.3. The normalized spacial score (nSPS) is 12.8. The Kier molecular flexibility index (Phi) is 6.82. The molecule has 0 atom stereocenters. The Morgan fingerprint density at radius 3 is 2.41 bits per heavy atom. The first-order chi connectivity index (χ1) is 15.6. The van der Waals surface area contributed by atoms with Gasteiger partial charge in [0.2, 0.25) is 0 Å². The second-order valence-corrected chi connectivity index (χ2v) is 8.34. The van der Waals surface area contributed by atoms with Gasteiger partial charge in [-0.3, -0.25) is 0 Å². The molecule has 0 aliphatic heterocycles. The van der Waals surface area contributed by atoms with Gasteiger partial charge in [-0.15, -0.1) is 11.3 Å². The Morgan fingerprint density at radius 2 is 1.72 bits per heavy atom. The molecule has 6 heteroatoms. The van der Waals surface area contributed by atoms with Gasteiger partial charge in [0.25, 0.3) is 0 Å². The second-order valence-electron chi connectivity index (χ2n) is 7.40. The van der Waals surface area contributed by atoms with Gasteiger partial charge in [0.15, 0.2) is 0 Å². The maximum Gasteiger partial charge on any atom is 0.407 e. The number of amides is 1. The summed E-state index contributed by atoms with van der Waals surface area (Å²) in [7, 11) is 0. The first-order valence-electron chi connectivity index (χ1n) is 10.4. The number of hydrogen-bond donors (Lipinski definition) is 2. The Labute approximate surface area is 190 Å². The van der Waals surface area contributed by atoms with Crippen LogP contribution in [0.3, 0.4) is 0 Å². The van der Waals surface area contributed by atoms with Crippen molar-refractivity contribution < 1.29 is 19.4 Å². The third-order valence-corrected chi connectivity index (χ3v) is 6.18. The smallest absolute Gasteiger partial charge is 0.407 e. The molecule has 0 spiro atoms. The standard InChI is InChI=1S/C26H23NO4S/c28-25(29)13-12-19-15-18(17-32-19)7-5-6-14-27-26(30)31-16-24-22-10-3-1-8-20(22)21-9-2-4-11-23(21)24/h1-5,7-13,15,17,24H,6,14,16H2,(H,27,30)(H,28,29)/b7-5?,13-12+. The van der Waals surface area contributed by atoms with Gasteiger partial charge in [0, 0.05) is 23.4 Å². The lowest BCUT2D eigenvalue weighted by molar-refractivity contribution is -0.131. The van der Waals surface area contributed by atoms with Crippen LogP contribution in [0.2, 0.25) is 0 Å². The largest absolute Gasteiger partial charge is 0.478 e. The van der Waals surface area contributed by atoms with Crippen molar-refractivity contribution in [3.8, 4) is 11.1 Å². The maximum absolute atomic E-state index is 12.2. The summed E-state index contributed by atoms with van der Waals surface area (Å²) in [6, 6.07) is 18.4. The van der Waals surface area contributed by atoms with E-state index in [9.17, 15) is 9.59 Å². The first kappa shape index (κ1) is 21.6. The molecule has 1 aliphatic carbocycles. The summed E-state index contributed by atoms with van der Waals surface area (Å²) in [5, 5.41) is 13.4. The predicted molar refractivity (Wildman–Crippen MR) is 128 cm³/mol. The third-order valence-electron chi connectivity index (χ3n) is 5.26. The van der Waals surface area contributed by atoms with Crippen LogP contribution < -0.4 is 5.32 Å². The molecule has 2 aromatic carbocycles. The average molecular weight is 446 g/mol. The number of carboxylic acid groups (broad SMARTS) is 1. The molecule has 0 fully saturated rings. The number of fused-ring (bicyclic) bond motifs is 3. The molecule has 5 nitrogen and oxygen atoms in total. The molecule has 1 aromatic heterocycles. The lowest BCUT2D eigenvalue weighted by atomic mass is 9.98. The molecule has 0 saturated carbocycles. The van der Waals surface area contributed by atoms with Crippen molar-refractivity contribution in [2.45, 2.75) is 12.3 Å². The average Bonchev–Trinajstić information content (AvgIpc) is 3.38. The Balaban J connectivity index is 1.23. The molecular weight excluding hydrogens is 422 g/mol. The summed E-state index contributed by atoms with van der Waals surface area (Å²) >= 11 is 1.48. The molecular formula is C26H23NO4S. The number of hydrogen-bond acceptors (Lipinski definition) is 4. The van der Waals surface area contributed by atoms with Gasteiger partial charge in [0.05, 0.1) is 0 Å². The fourth-order valence-corrected chi connectivity index (χ4v) is 4.59. The fraction of sp³-hybridized carbons (Fsp3) is 0.154. The SMILES string of the molecule is O=C(O)/C=C/c1cc(C=CCCNC(=O)OCC2c3ccccc3-c3ccccc32)cs1. The topological polar surface area (TPSA) is 75.6 Å². The van der Waals surface area contributed by atoms with Gasteiger partial charge in [0.1, 0.15) is 6.61 Å². The van der Waals surface area contributed by atoms with Crippen LogP contribution in [-0.2, 0) is 9.53 Å². The molecule has 3 aromatic rings. The van der Waals surface area contributed by atoms with E-state index in [1.54, 1.807) is 6.08 Å². The minimum Gasteiger partial charge on any atom is -0.478 e. The number of benzene rings is 2. The van der Waals surface area contributed by atoms with Crippen LogP contribution in [0.5, 0.6) is 0 Å². The van der Waals surface area contributed by atoms with Gasteiger partial charge in [-0.1, -0.05) is 60.7 Å². The van der Waals surface area contributed by atoms with Crippen LogP contribution >= 0.6 is 11.3 Å². The summed E-state index contributed by atoms with van der Waals surface area (Å²) in [6.07, 6.45) is 6.86. The molecule has 162 valence electrons. The number of carboxylic acids is 1. The van der Waals surface area contributed by atoms with Crippen molar-refractivity contribution in [1.29, 1.82) is 0 Å². The fourth-order valence-electron chi connectivity index (χ4n) is 3.82. The number of ether oxygens (including phenoxy) is 1. The zero-order valence-electron chi connectivity index (χ0n) is 17.4. The van der Waals surface area contributed by atoms with Crippen LogP contribution in [0.25, 0.3) is 23.3 Å². The van der Waals surface area contributed by atoms with Crippen LogP contribution in [0.4, 0.5) is 4.79 Å². The van der Waals surface area contributed by atoms with E-state index in [-0.39, 0.29) is 5.92 Å². The van der Waals surface area contributed by atoms with E-state index < -0.39 is 12.1 Å². The minimum absolute atomic E-state index is 0.0519. The van der Waals surface area contributed by atoms with Crippen LogP contribution in [0.1, 0.15) is 33.9 Å². The van der Waals surface area contributed by atoms with Gasteiger partial charge >= 0.3 is 12.1 Å². The van der Waals surface area contributed by atoms with E-state index in [4.69, 9.17) is 9.84 Å². The van der Waals surface area contributed by atoms with E-state index in [1.165, 1.54) is 33.6 Å². The number of carbonyl (C=O) groups excluding carboxylic acids is 1. The van der Waals surface area contributed by atoms with Gasteiger partial charge in [-0.05, 0) is 51.8 Å². The van der Waals surface area contributed by atoms with Crippen molar-refractivity contribution in [3.63, 3.8) is 0 Å². The molecule has 1 amide bonds. The third kappa shape index (κ3) is 5.15. The Morgan fingerprint density at radius 1 is 1.03 bits per heavy atom. The summed E-state index contributed by atoms with van der Waals surface area (Å²) in [5.74, 6) is -0.911. The highest BCUT2D eigenvalue weighted by molar-refractivity contribution is 7.11. The van der Waals surface area contributed by atoms with Crippen molar-refractivity contribution in [2.24, 2.45) is 0 Å². The van der Waals surface area contributed by atoms with E-state index >= 15 is 0 Å². The lowest BCUT2D eigenvalue weighted by Gasteiger charge is -2.14. The minimum atomic E-state index is -0.963. The second kappa shape index (κ2) is 10.1. The van der Waals surface area contributed by atoms with Crippen LogP contribution in [-0.4, -0.2) is 30.3 Å².